The van der Waals surface area contributed by atoms with Gasteiger partial charge in [-0.3, -0.25) is 0 Å². The van der Waals surface area contributed by atoms with E-state index in [0.717, 1.165) is 62.4 Å². The molecule has 2 atom stereocenters. The molecule has 10 aromatic carbocycles. The Hall–Kier alpha value is -10.7. The molecule has 0 amide bonds. The van der Waals surface area contributed by atoms with Gasteiger partial charge in [-0.25, -0.2) is 24.0 Å². The van der Waals surface area contributed by atoms with Gasteiger partial charge in [0.25, 0.3) is 0 Å². The number of ether oxygens (including phenoxy) is 5. The molecule has 12 rings (SSSR count). The SMILES string of the molecule is C=C(C)C(=O)OC(C)(C)c1ccc2ccccc2c1.C=C(C)C(=O)OC(C)c1ccc2ccccc2c1.C=C(C)C(=O)OC1(C)c2ccccc2Cc2ccccc21.C=C(C)C(=O)OC1Cc2cccc3cccc1c23.C=C(C)C(=O)OCc1ccc2ccccc2c1. The van der Waals surface area contributed by atoms with E-state index in [9.17, 15) is 24.0 Å². The van der Waals surface area contributed by atoms with E-state index in [0.29, 0.717) is 27.9 Å². The summed E-state index contributed by atoms with van der Waals surface area (Å²) in [6.07, 6.45) is 1.19. The van der Waals surface area contributed by atoms with Gasteiger partial charge < -0.3 is 23.7 Å². The molecule has 10 nitrogen and oxygen atoms in total. The van der Waals surface area contributed by atoms with Crippen LogP contribution in [0, 0.1) is 0 Å². The highest BCUT2D eigenvalue weighted by molar-refractivity contribution is 5.93. The van der Waals surface area contributed by atoms with E-state index in [2.05, 4.69) is 93.6 Å². The molecule has 0 aromatic heterocycles. The van der Waals surface area contributed by atoms with Crippen LogP contribution in [0.4, 0.5) is 0 Å². The van der Waals surface area contributed by atoms with Crippen molar-refractivity contribution >= 4 is 72.9 Å². The molecule has 0 aliphatic heterocycles. The number of hydrogen-bond acceptors (Lipinski definition) is 10. The number of esters is 5. The zero-order valence-electron chi connectivity index (χ0n) is 54.6. The third kappa shape index (κ3) is 17.2. The van der Waals surface area contributed by atoms with Crippen molar-refractivity contribution in [1.29, 1.82) is 0 Å². The summed E-state index contributed by atoms with van der Waals surface area (Å²) < 4.78 is 27.3. The van der Waals surface area contributed by atoms with Crippen LogP contribution in [-0.2, 0) is 78.3 Å². The second kappa shape index (κ2) is 30.4. The minimum Gasteiger partial charge on any atom is -0.457 e. The molecular weight excluding hydrogens is 1160 g/mol. The van der Waals surface area contributed by atoms with Crippen LogP contribution < -0.4 is 0 Å². The predicted molar refractivity (Wildman–Crippen MR) is 374 cm³/mol. The van der Waals surface area contributed by atoms with E-state index in [1.807, 2.05) is 179 Å². The maximum Gasteiger partial charge on any atom is 0.334 e. The molecule has 10 aromatic rings. The van der Waals surface area contributed by atoms with E-state index in [1.165, 1.54) is 43.6 Å². The lowest BCUT2D eigenvalue weighted by molar-refractivity contribution is -0.152. The molecule has 0 radical (unpaired) electrons. The van der Waals surface area contributed by atoms with Crippen molar-refractivity contribution in [3.8, 4) is 0 Å². The number of fused-ring (bicyclic) bond motifs is 5. The largest absolute Gasteiger partial charge is 0.457 e. The Bertz CT molecular complexity index is 4470. The molecule has 0 saturated heterocycles. The van der Waals surface area contributed by atoms with E-state index in [-0.39, 0.29) is 48.7 Å². The third-order valence-electron chi connectivity index (χ3n) is 16.0. The summed E-state index contributed by atoms with van der Waals surface area (Å²) >= 11 is 0. The number of carbonyl (C=O) groups is 5. The Kier molecular flexibility index (Phi) is 22.3. The lowest BCUT2D eigenvalue weighted by Crippen LogP contribution is -2.35. The topological polar surface area (TPSA) is 132 Å². The van der Waals surface area contributed by atoms with Crippen molar-refractivity contribution in [3.05, 3.63) is 323 Å². The van der Waals surface area contributed by atoms with Crippen molar-refractivity contribution < 1.29 is 47.7 Å². The van der Waals surface area contributed by atoms with E-state index >= 15 is 0 Å². The molecule has 0 N–H and O–H groups in total. The molecule has 472 valence electrons. The first-order valence-electron chi connectivity index (χ1n) is 30.8. The average Bonchev–Trinajstić information content (AvgIpc) is 0.817. The van der Waals surface area contributed by atoms with Gasteiger partial charge in [0.05, 0.1) is 0 Å². The summed E-state index contributed by atoms with van der Waals surface area (Å²) in [5.74, 6) is -1.74. The van der Waals surface area contributed by atoms with Crippen molar-refractivity contribution in [2.24, 2.45) is 0 Å². The normalized spacial score (nSPS) is 13.1. The number of hydrogen-bond donors (Lipinski definition) is 0. The molecule has 2 aliphatic carbocycles. The van der Waals surface area contributed by atoms with Crippen LogP contribution in [0.1, 0.15) is 125 Å². The highest BCUT2D eigenvalue weighted by Crippen LogP contribution is 2.43. The Morgan fingerprint density at radius 1 is 0.473 bits per heavy atom. The maximum atomic E-state index is 12.1. The van der Waals surface area contributed by atoms with Gasteiger partial charge in [0.1, 0.15) is 24.4 Å². The fourth-order valence-corrected chi connectivity index (χ4v) is 10.9. The lowest BCUT2D eigenvalue weighted by atomic mass is 9.75. The third-order valence-corrected chi connectivity index (χ3v) is 16.0. The van der Waals surface area contributed by atoms with Gasteiger partial charge in [-0.05, 0) is 163 Å². The van der Waals surface area contributed by atoms with Gasteiger partial charge in [0.15, 0.2) is 5.60 Å². The molecule has 0 spiro atoms. The Morgan fingerprint density at radius 2 is 0.925 bits per heavy atom. The van der Waals surface area contributed by atoms with Crippen LogP contribution in [0.5, 0.6) is 0 Å². The predicted octanol–water partition coefficient (Wildman–Crippen LogP) is 19.2. The van der Waals surface area contributed by atoms with Crippen LogP contribution in [0.2, 0.25) is 0 Å². The van der Waals surface area contributed by atoms with Gasteiger partial charge in [0, 0.05) is 51.0 Å². The lowest BCUT2D eigenvalue weighted by Gasteiger charge is -2.37. The molecule has 2 unspecified atom stereocenters. The monoisotopic (exact) mass is 1240 g/mol. The van der Waals surface area contributed by atoms with Gasteiger partial charge in [0.2, 0.25) is 0 Å². The van der Waals surface area contributed by atoms with Gasteiger partial charge in [-0.1, -0.05) is 227 Å². The Labute approximate surface area is 546 Å². The van der Waals surface area contributed by atoms with E-state index < -0.39 is 11.2 Å². The summed E-state index contributed by atoms with van der Waals surface area (Å²) in [5.41, 5.74) is 10.5. The minimum atomic E-state index is -0.762. The molecule has 93 heavy (non-hydrogen) atoms. The highest BCUT2D eigenvalue weighted by atomic mass is 16.6. The second-order valence-corrected chi connectivity index (χ2v) is 24.1. The standard InChI is InChI=1S/C19H18O2.C17H18O2.C16H14O2.C16H16O2.C15H14O2/c1-13(2)18(20)21-19(3)16-10-6-4-8-14(16)12-15-9-5-7-11-17(15)19;1-12(2)16(18)19-17(3,4)15-10-9-13-7-5-6-8-14(13)11-15;1-10(2)16(17)18-14-9-12-7-3-5-11-6-4-8-13(14)15(11)12;1-11(2)16(17)18-12(3)14-9-8-13-6-4-5-7-15(13)10-14;1-11(2)15(16)17-10-12-7-8-13-5-3-4-6-14(13)9-12/h4-11H,1,12H2,2-3H3;5-11H,1H2,2-4H3;3-8,14H,1,9H2,2H3;4-10,12H,1H2,2-3H3;3-9H,1,10H2,2H3. The number of carbonyl (C=O) groups excluding carboxylic acids is 5. The average molecular weight is 1240 g/mol. The fourth-order valence-electron chi connectivity index (χ4n) is 10.9. The Balaban J connectivity index is 0.000000150. The van der Waals surface area contributed by atoms with Crippen molar-refractivity contribution in [2.45, 2.75) is 105 Å². The van der Waals surface area contributed by atoms with Crippen molar-refractivity contribution in [1.82, 2.24) is 0 Å². The van der Waals surface area contributed by atoms with Gasteiger partial charge in [-0.15, -0.1) is 0 Å². The first-order valence-corrected chi connectivity index (χ1v) is 30.8. The number of benzene rings is 10. The summed E-state index contributed by atoms with van der Waals surface area (Å²) in [7, 11) is 0. The van der Waals surface area contributed by atoms with Crippen LogP contribution in [0.25, 0.3) is 43.1 Å². The maximum absolute atomic E-state index is 12.1. The van der Waals surface area contributed by atoms with Crippen molar-refractivity contribution in [2.75, 3.05) is 0 Å². The zero-order chi connectivity index (χ0) is 67.1. The molecule has 10 heteroatoms. The highest BCUT2D eigenvalue weighted by Gasteiger charge is 2.40. The summed E-state index contributed by atoms with van der Waals surface area (Å²) in [6.45, 7) is 34.2. The molecule has 0 saturated carbocycles. The van der Waals surface area contributed by atoms with Crippen LogP contribution in [0.3, 0.4) is 0 Å². The van der Waals surface area contributed by atoms with Gasteiger partial charge in [-0.2, -0.15) is 0 Å². The summed E-state index contributed by atoms with van der Waals surface area (Å²) in [6, 6.07) is 71.2. The van der Waals surface area contributed by atoms with Crippen molar-refractivity contribution in [3.63, 3.8) is 0 Å². The smallest absolute Gasteiger partial charge is 0.334 e. The van der Waals surface area contributed by atoms with Crippen LogP contribution >= 0.6 is 0 Å². The number of rotatable bonds is 13. The van der Waals surface area contributed by atoms with Crippen LogP contribution in [-0.4, -0.2) is 29.8 Å². The zero-order valence-corrected chi connectivity index (χ0v) is 54.6. The quantitative estimate of drug-likeness (QED) is 0.0624. The molecule has 0 heterocycles. The Morgan fingerprint density at radius 3 is 1.47 bits per heavy atom. The first-order chi connectivity index (χ1) is 44.3. The minimum absolute atomic E-state index is 0.171. The second-order valence-electron chi connectivity index (χ2n) is 24.1. The van der Waals surface area contributed by atoms with Gasteiger partial charge >= 0.3 is 29.8 Å². The fraction of sp³-hybridized carbons (Fsp3) is 0.193. The van der Waals surface area contributed by atoms with Crippen LogP contribution in [0.15, 0.2) is 273 Å². The molecule has 0 fully saturated rings. The van der Waals surface area contributed by atoms with E-state index in [4.69, 9.17) is 23.7 Å². The van der Waals surface area contributed by atoms with E-state index in [1.54, 1.807) is 34.6 Å². The molecule has 0 bridgehead atoms. The molecular formula is C83H80O10. The summed E-state index contributed by atoms with van der Waals surface area (Å²) in [4.78, 5) is 58.2. The first kappa shape index (κ1) is 68.2. The summed E-state index contributed by atoms with van der Waals surface area (Å²) in [5, 5.41) is 9.41. The molecule has 2 aliphatic rings.